The molecule has 1 aliphatic rings. The van der Waals surface area contributed by atoms with Gasteiger partial charge < -0.3 is 14.7 Å². The monoisotopic (exact) mass is 298 g/mol. The summed E-state index contributed by atoms with van der Waals surface area (Å²) in [6.45, 7) is 7.18. The third kappa shape index (κ3) is 3.94. The van der Waals surface area contributed by atoms with E-state index in [1.165, 1.54) is 11.3 Å². The largest absolute Gasteiger partial charge is 0.492 e. The van der Waals surface area contributed by atoms with E-state index in [4.69, 9.17) is 9.84 Å². The Balaban J connectivity index is 1.75. The van der Waals surface area contributed by atoms with Gasteiger partial charge in [0, 0.05) is 32.2 Å². The average molecular weight is 298 g/mol. The van der Waals surface area contributed by atoms with E-state index in [0.29, 0.717) is 18.4 Å². The van der Waals surface area contributed by atoms with E-state index < -0.39 is 5.97 Å². The Morgan fingerprint density at radius 1 is 1.45 bits per heavy atom. The number of piperazine rings is 1. The SMILES string of the molecule is CC(CCOc1ccsc1C(=O)O)N1CCN(C)CC1. The summed E-state index contributed by atoms with van der Waals surface area (Å²) in [6, 6.07) is 2.20. The van der Waals surface area contributed by atoms with Gasteiger partial charge in [0.1, 0.15) is 5.75 Å². The van der Waals surface area contributed by atoms with Gasteiger partial charge in [-0.05, 0) is 31.8 Å². The summed E-state index contributed by atoms with van der Waals surface area (Å²) in [6.07, 6.45) is 0.915. The Labute approximate surface area is 123 Å². The maximum absolute atomic E-state index is 11.0. The zero-order chi connectivity index (χ0) is 14.5. The fourth-order valence-electron chi connectivity index (χ4n) is 2.35. The molecule has 1 saturated heterocycles. The van der Waals surface area contributed by atoms with Crippen LogP contribution in [0.4, 0.5) is 0 Å². The first-order chi connectivity index (χ1) is 9.58. The normalized spacial score (nSPS) is 18.9. The van der Waals surface area contributed by atoms with Crippen molar-refractivity contribution in [3.8, 4) is 5.75 Å². The van der Waals surface area contributed by atoms with E-state index in [9.17, 15) is 4.79 Å². The van der Waals surface area contributed by atoms with Gasteiger partial charge in [-0.3, -0.25) is 4.90 Å². The number of carboxylic acids is 1. The lowest BCUT2D eigenvalue weighted by Crippen LogP contribution is -2.48. The molecule has 1 aromatic heterocycles. The number of aromatic carboxylic acids is 1. The smallest absolute Gasteiger partial charge is 0.349 e. The predicted molar refractivity (Wildman–Crippen MR) is 79.9 cm³/mol. The first-order valence-electron chi connectivity index (χ1n) is 6.94. The van der Waals surface area contributed by atoms with E-state index in [2.05, 4.69) is 23.8 Å². The maximum atomic E-state index is 11.0. The third-order valence-electron chi connectivity index (χ3n) is 3.78. The number of rotatable bonds is 6. The summed E-state index contributed by atoms with van der Waals surface area (Å²) in [4.78, 5) is 16.1. The van der Waals surface area contributed by atoms with E-state index >= 15 is 0 Å². The number of likely N-dealkylation sites (N-methyl/N-ethyl adjacent to an activating group) is 1. The molecule has 0 saturated carbocycles. The molecule has 0 radical (unpaired) electrons. The highest BCUT2D eigenvalue weighted by molar-refractivity contribution is 7.12. The Bertz CT molecular complexity index is 441. The lowest BCUT2D eigenvalue weighted by Gasteiger charge is -2.36. The molecule has 2 rings (SSSR count). The van der Waals surface area contributed by atoms with E-state index in [-0.39, 0.29) is 4.88 Å². The van der Waals surface area contributed by atoms with Crippen LogP contribution < -0.4 is 4.74 Å². The minimum Gasteiger partial charge on any atom is -0.492 e. The highest BCUT2D eigenvalue weighted by Gasteiger charge is 2.19. The minimum absolute atomic E-state index is 0.289. The maximum Gasteiger partial charge on any atom is 0.349 e. The van der Waals surface area contributed by atoms with Gasteiger partial charge >= 0.3 is 5.97 Å². The molecule has 0 aromatic carbocycles. The van der Waals surface area contributed by atoms with Gasteiger partial charge in [-0.2, -0.15) is 0 Å². The highest BCUT2D eigenvalue weighted by atomic mass is 32.1. The van der Waals surface area contributed by atoms with Crippen LogP contribution in [0.3, 0.4) is 0 Å². The summed E-state index contributed by atoms with van der Waals surface area (Å²) in [7, 11) is 2.15. The van der Waals surface area contributed by atoms with Crippen LogP contribution in [0.5, 0.6) is 5.75 Å². The van der Waals surface area contributed by atoms with Crippen molar-refractivity contribution in [1.82, 2.24) is 9.80 Å². The molecule has 1 unspecified atom stereocenters. The van der Waals surface area contributed by atoms with Gasteiger partial charge in [0.2, 0.25) is 0 Å². The fourth-order valence-corrected chi connectivity index (χ4v) is 3.02. The first kappa shape index (κ1) is 15.3. The second-order valence-corrected chi connectivity index (χ2v) is 6.16. The topological polar surface area (TPSA) is 53.0 Å². The molecule has 1 fully saturated rings. The highest BCUT2D eigenvalue weighted by Crippen LogP contribution is 2.25. The Morgan fingerprint density at radius 2 is 2.15 bits per heavy atom. The molecular formula is C14H22N2O3S. The summed E-state index contributed by atoms with van der Waals surface area (Å²) in [5.74, 6) is -0.421. The van der Waals surface area contributed by atoms with Crippen LogP contribution >= 0.6 is 11.3 Å². The van der Waals surface area contributed by atoms with Gasteiger partial charge in [-0.25, -0.2) is 4.79 Å². The number of hydrogen-bond donors (Lipinski definition) is 1. The van der Waals surface area contributed by atoms with Crippen molar-refractivity contribution in [2.45, 2.75) is 19.4 Å². The van der Waals surface area contributed by atoms with E-state index in [0.717, 1.165) is 32.6 Å². The standard InChI is InChI=1S/C14H22N2O3S/c1-11(16-7-5-15(2)6-8-16)3-9-19-12-4-10-20-13(12)14(17)18/h4,10-11H,3,5-9H2,1-2H3,(H,17,18). The Kier molecular flexibility index (Phi) is 5.39. The van der Waals surface area contributed by atoms with E-state index in [1.54, 1.807) is 11.4 Å². The number of carbonyl (C=O) groups is 1. The number of ether oxygens (including phenoxy) is 1. The summed E-state index contributed by atoms with van der Waals surface area (Å²) >= 11 is 1.20. The molecule has 6 heteroatoms. The zero-order valence-corrected chi connectivity index (χ0v) is 12.9. The summed E-state index contributed by atoms with van der Waals surface area (Å²) in [5.41, 5.74) is 0. The third-order valence-corrected chi connectivity index (χ3v) is 4.66. The van der Waals surface area contributed by atoms with Crippen molar-refractivity contribution in [3.63, 3.8) is 0 Å². The average Bonchev–Trinajstić information content (AvgIpc) is 2.88. The molecule has 1 N–H and O–H groups in total. The quantitative estimate of drug-likeness (QED) is 0.868. The molecule has 20 heavy (non-hydrogen) atoms. The first-order valence-corrected chi connectivity index (χ1v) is 7.82. The van der Waals surface area contributed by atoms with Crippen molar-refractivity contribution >= 4 is 17.3 Å². The molecule has 1 aliphatic heterocycles. The molecule has 0 bridgehead atoms. The van der Waals surface area contributed by atoms with Gasteiger partial charge in [0.15, 0.2) is 4.88 Å². The molecule has 5 nitrogen and oxygen atoms in total. The summed E-state index contributed by atoms with van der Waals surface area (Å²) in [5, 5.41) is 10.8. The van der Waals surface area contributed by atoms with Gasteiger partial charge in [-0.15, -0.1) is 11.3 Å². The number of carboxylic acid groups (broad SMARTS) is 1. The van der Waals surface area contributed by atoms with Crippen LogP contribution in [-0.2, 0) is 0 Å². The molecular weight excluding hydrogens is 276 g/mol. The predicted octanol–water partition coefficient (Wildman–Crippen LogP) is 1.85. The van der Waals surface area contributed by atoms with Crippen molar-refractivity contribution in [3.05, 3.63) is 16.3 Å². The van der Waals surface area contributed by atoms with Crippen molar-refractivity contribution in [1.29, 1.82) is 0 Å². The molecule has 2 heterocycles. The lowest BCUT2D eigenvalue weighted by atomic mass is 10.2. The van der Waals surface area contributed by atoms with Gasteiger partial charge in [-0.1, -0.05) is 0 Å². The Hall–Kier alpha value is -1.11. The fraction of sp³-hybridized carbons (Fsp3) is 0.643. The lowest BCUT2D eigenvalue weighted by molar-refractivity contribution is 0.0697. The molecule has 0 aliphatic carbocycles. The molecule has 112 valence electrons. The second kappa shape index (κ2) is 7.06. The van der Waals surface area contributed by atoms with Crippen LogP contribution in [0.15, 0.2) is 11.4 Å². The van der Waals surface area contributed by atoms with Crippen LogP contribution in [0.25, 0.3) is 0 Å². The minimum atomic E-state index is -0.915. The van der Waals surface area contributed by atoms with Gasteiger partial charge in [0.25, 0.3) is 0 Å². The van der Waals surface area contributed by atoms with Crippen molar-refractivity contribution in [2.24, 2.45) is 0 Å². The molecule has 1 atom stereocenters. The Morgan fingerprint density at radius 3 is 2.80 bits per heavy atom. The molecule has 0 spiro atoms. The number of nitrogens with zero attached hydrogens (tertiary/aromatic N) is 2. The zero-order valence-electron chi connectivity index (χ0n) is 12.0. The number of thiophene rings is 1. The van der Waals surface area contributed by atoms with Gasteiger partial charge in [0.05, 0.1) is 6.61 Å². The summed E-state index contributed by atoms with van der Waals surface area (Å²) < 4.78 is 5.61. The van der Waals surface area contributed by atoms with Crippen LogP contribution in [-0.4, -0.2) is 66.8 Å². The van der Waals surface area contributed by atoms with Crippen molar-refractivity contribution < 1.29 is 14.6 Å². The van der Waals surface area contributed by atoms with Crippen LogP contribution in [0, 0.1) is 0 Å². The molecule has 0 amide bonds. The van der Waals surface area contributed by atoms with Crippen LogP contribution in [0.2, 0.25) is 0 Å². The van der Waals surface area contributed by atoms with E-state index in [1.807, 2.05) is 0 Å². The second-order valence-electron chi connectivity index (χ2n) is 5.24. The van der Waals surface area contributed by atoms with Crippen molar-refractivity contribution in [2.75, 3.05) is 39.8 Å². The molecule has 1 aromatic rings. The van der Waals surface area contributed by atoms with Crippen LogP contribution in [0.1, 0.15) is 23.0 Å². The number of hydrogen-bond acceptors (Lipinski definition) is 5.